The van der Waals surface area contributed by atoms with E-state index >= 15 is 0 Å². The Labute approximate surface area is 192 Å². The minimum absolute atomic E-state index is 0.241. The van der Waals surface area contributed by atoms with Gasteiger partial charge in [-0.1, -0.05) is 42.5 Å². The molecule has 0 radical (unpaired) electrons. The van der Waals surface area contributed by atoms with Crippen molar-refractivity contribution in [1.82, 2.24) is 4.98 Å². The summed E-state index contributed by atoms with van der Waals surface area (Å²) in [5.41, 5.74) is 3.37. The second-order valence-corrected chi connectivity index (χ2v) is 6.85. The number of carboxylic acid groups (broad SMARTS) is 1. The summed E-state index contributed by atoms with van der Waals surface area (Å²) in [5, 5.41) is 43.0. The van der Waals surface area contributed by atoms with Crippen LogP contribution in [0.3, 0.4) is 0 Å². The lowest BCUT2D eigenvalue weighted by Crippen LogP contribution is -2.30. The highest BCUT2D eigenvalue weighted by Gasteiger charge is 2.11. The van der Waals surface area contributed by atoms with Crippen molar-refractivity contribution in [1.29, 1.82) is 0 Å². The minimum atomic E-state index is -1.51. The number of ether oxygens (including phenoxy) is 1. The van der Waals surface area contributed by atoms with E-state index in [2.05, 4.69) is 4.98 Å². The molecule has 0 amide bonds. The number of carboxylic acids is 1. The number of hydrogen-bond donors (Lipinski definition) is 5. The van der Waals surface area contributed by atoms with Crippen molar-refractivity contribution in [3.05, 3.63) is 89.5 Å². The molecule has 33 heavy (non-hydrogen) atoms. The van der Waals surface area contributed by atoms with Crippen LogP contribution in [0, 0.1) is 19.7 Å². The molecule has 2 aromatic carbocycles. The summed E-state index contributed by atoms with van der Waals surface area (Å²) < 4.78 is 17.1. The molecule has 0 aliphatic heterocycles. The minimum Gasteiger partial charge on any atom is -0.480 e. The first kappa shape index (κ1) is 28.0. The Kier molecular flexibility index (Phi) is 12.6. The third kappa shape index (κ3) is 12.5. The number of hydrogen-bond acceptors (Lipinski definition) is 7. The maximum absolute atomic E-state index is 12.2. The Morgan fingerprint density at radius 2 is 1.39 bits per heavy atom. The largest absolute Gasteiger partial charge is 0.488 e. The first-order valence-corrected chi connectivity index (χ1v) is 9.85. The van der Waals surface area contributed by atoms with E-state index in [9.17, 15) is 9.18 Å². The van der Waals surface area contributed by atoms with Gasteiger partial charge in [-0.15, -0.1) is 0 Å². The van der Waals surface area contributed by atoms with Crippen molar-refractivity contribution in [3.8, 4) is 0 Å². The number of halogens is 1. The second kappa shape index (κ2) is 14.9. The molecule has 0 bridgehead atoms. The lowest BCUT2D eigenvalue weighted by atomic mass is 9.80. The Bertz CT molecular complexity index is 954. The number of aliphatic carboxylic acids is 1. The van der Waals surface area contributed by atoms with E-state index in [1.165, 1.54) is 24.3 Å². The fraction of sp³-hybridized carbons (Fsp3) is 0.182. The molecule has 11 heteroatoms. The maximum Gasteiger partial charge on any atom is 0.488 e. The van der Waals surface area contributed by atoms with Crippen LogP contribution >= 0.6 is 0 Å². The zero-order chi connectivity index (χ0) is 24.8. The van der Waals surface area contributed by atoms with Gasteiger partial charge < -0.3 is 29.9 Å². The normalized spacial score (nSPS) is 9.67. The topological polar surface area (TPSA) is 140 Å². The van der Waals surface area contributed by atoms with E-state index in [1.807, 2.05) is 44.2 Å². The molecule has 0 aliphatic carbocycles. The van der Waals surface area contributed by atoms with Gasteiger partial charge in [0.2, 0.25) is 0 Å². The van der Waals surface area contributed by atoms with Gasteiger partial charge in [-0.25, -0.2) is 9.18 Å². The SMILES string of the molecule is Cc1cc(B(O)O)cc(C)n1.O=C(O)COCc1ccccc1.OB(O)c1ccc(F)cc1. The van der Waals surface area contributed by atoms with E-state index in [1.54, 1.807) is 12.1 Å². The second-order valence-electron chi connectivity index (χ2n) is 6.85. The zero-order valence-corrected chi connectivity index (χ0v) is 18.3. The Balaban J connectivity index is 0.000000249. The summed E-state index contributed by atoms with van der Waals surface area (Å²) in [6.07, 6.45) is 0. The fourth-order valence-electron chi connectivity index (χ4n) is 2.48. The van der Waals surface area contributed by atoms with Crippen molar-refractivity contribution < 1.29 is 39.1 Å². The van der Waals surface area contributed by atoms with E-state index < -0.39 is 20.2 Å². The number of nitrogens with zero attached hydrogens (tertiary/aromatic N) is 1. The van der Waals surface area contributed by atoms with Crippen LogP contribution in [0.15, 0.2) is 66.7 Å². The molecular formula is C22H26B2FNO7. The first-order valence-electron chi connectivity index (χ1n) is 9.85. The van der Waals surface area contributed by atoms with Gasteiger partial charge in [0.1, 0.15) is 12.4 Å². The number of carbonyl (C=O) groups is 1. The third-order valence-corrected chi connectivity index (χ3v) is 3.91. The van der Waals surface area contributed by atoms with Crippen LogP contribution < -0.4 is 10.9 Å². The highest BCUT2D eigenvalue weighted by atomic mass is 19.1. The Morgan fingerprint density at radius 1 is 0.879 bits per heavy atom. The summed E-state index contributed by atoms with van der Waals surface area (Å²) in [5.74, 6) is -1.32. The molecule has 1 heterocycles. The molecule has 0 atom stereocenters. The molecule has 3 aromatic rings. The lowest BCUT2D eigenvalue weighted by molar-refractivity contribution is -0.142. The summed E-state index contributed by atoms with van der Waals surface area (Å²) in [7, 11) is -2.91. The number of rotatable bonds is 6. The van der Waals surface area contributed by atoms with Crippen LogP contribution in [0.1, 0.15) is 17.0 Å². The standard InChI is InChI=1S/C9H10O3.C7H10BNO2.C6H6BFO2/c10-9(11)7-12-6-8-4-2-1-3-5-8;1-5-3-7(8(10)11)4-6(2)9-5;8-6-3-1-5(2-4-6)7(9)10/h1-5H,6-7H2,(H,10,11);3-4,10-11H,1-2H3;1-4,9-10H. The average Bonchev–Trinajstić information content (AvgIpc) is 2.75. The highest BCUT2D eigenvalue weighted by molar-refractivity contribution is 6.58. The van der Waals surface area contributed by atoms with Crippen LogP contribution in [-0.2, 0) is 16.1 Å². The molecule has 174 valence electrons. The van der Waals surface area contributed by atoms with Gasteiger partial charge in [0, 0.05) is 11.4 Å². The van der Waals surface area contributed by atoms with Gasteiger partial charge >= 0.3 is 20.2 Å². The van der Waals surface area contributed by atoms with Crippen molar-refractivity contribution in [2.75, 3.05) is 6.61 Å². The molecule has 0 spiro atoms. The maximum atomic E-state index is 12.2. The number of benzene rings is 2. The molecule has 0 aliphatic rings. The van der Waals surface area contributed by atoms with Crippen LogP contribution in [-0.4, -0.2) is 57.0 Å². The summed E-state index contributed by atoms with van der Waals surface area (Å²) >= 11 is 0. The molecule has 0 fully saturated rings. The Morgan fingerprint density at radius 3 is 1.85 bits per heavy atom. The van der Waals surface area contributed by atoms with Gasteiger partial charge in [-0.3, -0.25) is 4.98 Å². The molecule has 0 saturated heterocycles. The van der Waals surface area contributed by atoms with Crippen LogP contribution in [0.4, 0.5) is 4.39 Å². The molecule has 1 aromatic heterocycles. The first-order chi connectivity index (χ1) is 15.6. The predicted octanol–water partition coefficient (Wildman–Crippen LogP) is 0.172. The molecule has 5 N–H and O–H groups in total. The Hall–Kier alpha value is -3.08. The van der Waals surface area contributed by atoms with Crippen molar-refractivity contribution in [3.63, 3.8) is 0 Å². The van der Waals surface area contributed by atoms with Gasteiger partial charge in [0.05, 0.1) is 6.61 Å². The molecule has 0 saturated carbocycles. The lowest BCUT2D eigenvalue weighted by Gasteiger charge is -2.01. The fourth-order valence-corrected chi connectivity index (χ4v) is 2.48. The van der Waals surface area contributed by atoms with Crippen molar-refractivity contribution >= 4 is 31.1 Å². The molecule has 3 rings (SSSR count). The van der Waals surface area contributed by atoms with Crippen molar-refractivity contribution in [2.24, 2.45) is 0 Å². The van der Waals surface area contributed by atoms with E-state index in [-0.39, 0.29) is 12.4 Å². The van der Waals surface area contributed by atoms with Gasteiger partial charge in [0.25, 0.3) is 0 Å². The molecular weight excluding hydrogens is 431 g/mol. The summed E-state index contributed by atoms with van der Waals surface area (Å²) in [6.45, 7) is 3.75. The van der Waals surface area contributed by atoms with Crippen molar-refractivity contribution in [2.45, 2.75) is 20.5 Å². The van der Waals surface area contributed by atoms with Crippen LogP contribution in [0.2, 0.25) is 0 Å². The molecule has 8 nitrogen and oxygen atoms in total. The predicted molar refractivity (Wildman–Crippen MR) is 123 cm³/mol. The van der Waals surface area contributed by atoms with Gasteiger partial charge in [-0.2, -0.15) is 0 Å². The van der Waals surface area contributed by atoms with Crippen LogP contribution in [0.5, 0.6) is 0 Å². The smallest absolute Gasteiger partial charge is 0.480 e. The highest BCUT2D eigenvalue weighted by Crippen LogP contribution is 1.99. The quantitative estimate of drug-likeness (QED) is 0.330. The zero-order valence-electron chi connectivity index (χ0n) is 18.3. The van der Waals surface area contributed by atoms with E-state index in [0.717, 1.165) is 17.0 Å². The van der Waals surface area contributed by atoms with Gasteiger partial charge in [-0.05, 0) is 54.6 Å². The summed E-state index contributed by atoms with van der Waals surface area (Å²) in [6, 6.07) is 17.8. The average molecular weight is 457 g/mol. The molecule has 0 unspecified atom stereocenters. The number of pyridine rings is 1. The van der Waals surface area contributed by atoms with E-state index in [0.29, 0.717) is 17.5 Å². The number of aromatic nitrogens is 1. The van der Waals surface area contributed by atoms with E-state index in [4.69, 9.17) is 29.9 Å². The van der Waals surface area contributed by atoms with Crippen LogP contribution in [0.25, 0.3) is 0 Å². The monoisotopic (exact) mass is 457 g/mol. The van der Waals surface area contributed by atoms with Gasteiger partial charge in [0.15, 0.2) is 0 Å². The third-order valence-electron chi connectivity index (χ3n) is 3.91. The summed E-state index contributed by atoms with van der Waals surface area (Å²) in [4.78, 5) is 14.2. The number of aryl methyl sites for hydroxylation is 2.